The summed E-state index contributed by atoms with van der Waals surface area (Å²) in [6.07, 6.45) is 0. The number of aryl methyl sites for hydroxylation is 2. The summed E-state index contributed by atoms with van der Waals surface area (Å²) in [5.74, 6) is -0.155. The number of halogens is 3. The van der Waals surface area contributed by atoms with E-state index in [9.17, 15) is 4.39 Å². The molecule has 0 saturated heterocycles. The van der Waals surface area contributed by atoms with Crippen LogP contribution < -0.4 is 5.32 Å². The van der Waals surface area contributed by atoms with Crippen LogP contribution in [0.2, 0.25) is 0 Å². The highest BCUT2D eigenvalue weighted by Crippen LogP contribution is 2.32. The molecule has 0 fully saturated rings. The Balaban J connectivity index is 2.61. The van der Waals surface area contributed by atoms with Crippen LogP contribution >= 0.6 is 38.5 Å². The van der Waals surface area contributed by atoms with Crippen LogP contribution in [0.1, 0.15) is 28.3 Å². The van der Waals surface area contributed by atoms with Gasteiger partial charge in [0.2, 0.25) is 0 Å². The van der Waals surface area contributed by atoms with Crippen molar-refractivity contribution in [2.75, 3.05) is 7.05 Å². The van der Waals surface area contributed by atoms with E-state index >= 15 is 0 Å². The average molecular weight is 448 g/mol. The lowest BCUT2D eigenvalue weighted by atomic mass is 9.93. The first-order valence-electron chi connectivity index (χ1n) is 6.33. The molecule has 0 aliphatic rings. The van der Waals surface area contributed by atoms with Crippen LogP contribution in [0.5, 0.6) is 0 Å². The molecule has 0 saturated carbocycles. The van der Waals surface area contributed by atoms with Gasteiger partial charge < -0.3 is 5.32 Å². The second-order valence-electron chi connectivity index (χ2n) is 4.86. The highest BCUT2D eigenvalue weighted by atomic mass is 127. The summed E-state index contributed by atoms with van der Waals surface area (Å²) in [5.41, 5.74) is 3.71. The van der Waals surface area contributed by atoms with Gasteiger partial charge in [0.05, 0.1) is 6.04 Å². The van der Waals surface area contributed by atoms with E-state index in [-0.39, 0.29) is 11.9 Å². The summed E-state index contributed by atoms with van der Waals surface area (Å²) in [6, 6.07) is 9.54. The van der Waals surface area contributed by atoms with Crippen LogP contribution in [0.3, 0.4) is 0 Å². The van der Waals surface area contributed by atoms with Crippen molar-refractivity contribution in [3.63, 3.8) is 0 Å². The van der Waals surface area contributed by atoms with Gasteiger partial charge in [0.15, 0.2) is 0 Å². The summed E-state index contributed by atoms with van der Waals surface area (Å²) in [6.45, 7) is 3.87. The molecule has 2 rings (SSSR count). The zero-order chi connectivity index (χ0) is 14.9. The van der Waals surface area contributed by atoms with Gasteiger partial charge >= 0.3 is 0 Å². The Morgan fingerprint density at radius 2 is 1.90 bits per heavy atom. The lowest BCUT2D eigenvalue weighted by Gasteiger charge is -2.22. The maximum atomic E-state index is 14.4. The van der Waals surface area contributed by atoms with Crippen molar-refractivity contribution in [2.24, 2.45) is 0 Å². The maximum absolute atomic E-state index is 14.4. The molecular formula is C16H16BrFIN. The fourth-order valence-corrected chi connectivity index (χ4v) is 3.51. The van der Waals surface area contributed by atoms with E-state index in [1.54, 1.807) is 6.07 Å². The topological polar surface area (TPSA) is 12.0 Å². The van der Waals surface area contributed by atoms with Crippen LogP contribution in [0.4, 0.5) is 4.39 Å². The van der Waals surface area contributed by atoms with Crippen molar-refractivity contribution in [1.82, 2.24) is 5.32 Å². The molecule has 1 atom stereocenters. The highest BCUT2D eigenvalue weighted by molar-refractivity contribution is 14.1. The van der Waals surface area contributed by atoms with Gasteiger partial charge in [-0.25, -0.2) is 4.39 Å². The SMILES string of the molecule is CNC(c1cc(Br)ccc1I)c1c(C)cc(C)cc1F. The van der Waals surface area contributed by atoms with Gasteiger partial charge in [-0.1, -0.05) is 22.0 Å². The second-order valence-corrected chi connectivity index (χ2v) is 6.94. The fourth-order valence-electron chi connectivity index (χ4n) is 2.48. The van der Waals surface area contributed by atoms with E-state index in [0.717, 1.165) is 24.7 Å². The lowest BCUT2D eigenvalue weighted by Crippen LogP contribution is -2.21. The molecule has 0 amide bonds. The molecule has 0 aliphatic heterocycles. The molecule has 0 heterocycles. The second kappa shape index (κ2) is 6.54. The number of rotatable bonds is 3. The van der Waals surface area contributed by atoms with Crippen molar-refractivity contribution in [3.8, 4) is 0 Å². The molecule has 0 bridgehead atoms. The normalized spacial score (nSPS) is 12.5. The predicted molar refractivity (Wildman–Crippen MR) is 93.6 cm³/mol. The quantitative estimate of drug-likeness (QED) is 0.644. The standard InChI is InChI=1S/C16H16BrFIN/c1-9-6-10(2)15(13(18)7-9)16(20-3)12-8-11(17)4-5-14(12)19/h4-8,16,20H,1-3H3. The number of benzene rings is 2. The van der Waals surface area contributed by atoms with Crippen molar-refractivity contribution in [1.29, 1.82) is 0 Å². The molecule has 1 nitrogen and oxygen atoms in total. The zero-order valence-electron chi connectivity index (χ0n) is 11.6. The first kappa shape index (κ1) is 15.9. The van der Waals surface area contributed by atoms with Gasteiger partial charge in [-0.05, 0) is 84.4 Å². The van der Waals surface area contributed by atoms with E-state index in [0.29, 0.717) is 5.56 Å². The Kier molecular flexibility index (Phi) is 5.20. The summed E-state index contributed by atoms with van der Waals surface area (Å²) < 4.78 is 16.5. The summed E-state index contributed by atoms with van der Waals surface area (Å²) in [7, 11) is 1.86. The van der Waals surface area contributed by atoms with E-state index in [1.807, 2.05) is 45.2 Å². The van der Waals surface area contributed by atoms with Crippen LogP contribution in [0, 0.1) is 23.2 Å². The van der Waals surface area contributed by atoms with Gasteiger partial charge in [0, 0.05) is 13.6 Å². The Labute approximate surface area is 141 Å². The predicted octanol–water partition coefficient (Wildman–Crippen LogP) is 5.12. The molecule has 0 aromatic heterocycles. The summed E-state index contributed by atoms with van der Waals surface area (Å²) >= 11 is 5.78. The smallest absolute Gasteiger partial charge is 0.128 e. The molecular weight excluding hydrogens is 432 g/mol. The molecule has 2 aromatic rings. The van der Waals surface area contributed by atoms with Crippen LogP contribution in [0.15, 0.2) is 34.8 Å². The van der Waals surface area contributed by atoms with E-state index in [1.165, 1.54) is 0 Å². The molecule has 20 heavy (non-hydrogen) atoms. The van der Waals surface area contributed by atoms with Crippen molar-refractivity contribution < 1.29 is 4.39 Å². The summed E-state index contributed by atoms with van der Waals surface area (Å²) in [5, 5.41) is 3.24. The minimum Gasteiger partial charge on any atom is -0.309 e. The third kappa shape index (κ3) is 3.23. The minimum atomic E-state index is -0.155. The van der Waals surface area contributed by atoms with Crippen molar-refractivity contribution in [3.05, 3.63) is 66.4 Å². The van der Waals surface area contributed by atoms with Gasteiger partial charge in [0.1, 0.15) is 5.82 Å². The largest absolute Gasteiger partial charge is 0.309 e. The van der Waals surface area contributed by atoms with Gasteiger partial charge in [-0.3, -0.25) is 0 Å². The Hall–Kier alpha value is -0.460. The monoisotopic (exact) mass is 447 g/mol. The maximum Gasteiger partial charge on any atom is 0.128 e. The van der Waals surface area contributed by atoms with Crippen molar-refractivity contribution >= 4 is 38.5 Å². The third-order valence-corrected chi connectivity index (χ3v) is 4.80. The van der Waals surface area contributed by atoms with E-state index < -0.39 is 0 Å². The number of nitrogens with one attached hydrogen (secondary N) is 1. The molecule has 106 valence electrons. The van der Waals surface area contributed by atoms with Gasteiger partial charge in [0.25, 0.3) is 0 Å². The van der Waals surface area contributed by atoms with E-state index in [4.69, 9.17) is 0 Å². The van der Waals surface area contributed by atoms with Gasteiger partial charge in [-0.2, -0.15) is 0 Å². The molecule has 0 spiro atoms. The van der Waals surface area contributed by atoms with Crippen LogP contribution in [-0.2, 0) is 0 Å². The molecule has 4 heteroatoms. The lowest BCUT2D eigenvalue weighted by molar-refractivity contribution is 0.571. The Bertz CT molecular complexity index is 619. The van der Waals surface area contributed by atoms with Crippen LogP contribution in [-0.4, -0.2) is 7.05 Å². The molecule has 1 unspecified atom stereocenters. The third-order valence-electron chi connectivity index (χ3n) is 3.33. The number of hydrogen-bond donors (Lipinski definition) is 1. The van der Waals surface area contributed by atoms with Crippen molar-refractivity contribution in [2.45, 2.75) is 19.9 Å². The van der Waals surface area contributed by atoms with Gasteiger partial charge in [-0.15, -0.1) is 0 Å². The first-order chi connectivity index (χ1) is 9.43. The first-order valence-corrected chi connectivity index (χ1v) is 8.20. The zero-order valence-corrected chi connectivity index (χ0v) is 15.3. The Morgan fingerprint density at radius 1 is 1.20 bits per heavy atom. The molecule has 2 aromatic carbocycles. The highest BCUT2D eigenvalue weighted by Gasteiger charge is 2.21. The molecule has 0 aliphatic carbocycles. The minimum absolute atomic E-state index is 0.153. The van der Waals surface area contributed by atoms with E-state index in [2.05, 4.69) is 43.8 Å². The average Bonchev–Trinajstić information content (AvgIpc) is 2.37. The Morgan fingerprint density at radius 3 is 2.50 bits per heavy atom. The number of hydrogen-bond acceptors (Lipinski definition) is 1. The molecule has 1 N–H and O–H groups in total. The molecule has 0 radical (unpaired) electrons. The summed E-state index contributed by atoms with van der Waals surface area (Å²) in [4.78, 5) is 0. The fraction of sp³-hybridized carbons (Fsp3) is 0.250. The van der Waals surface area contributed by atoms with Crippen LogP contribution in [0.25, 0.3) is 0 Å².